The molecule has 1 saturated carbocycles. The SMILES string of the molecule is Cc1c([N+](=O)[O-])cnc(NCCC2CCCC2)c1Br. The number of rotatable bonds is 5. The molecule has 6 heteroatoms. The van der Waals surface area contributed by atoms with Crippen LogP contribution in [0.2, 0.25) is 0 Å². The van der Waals surface area contributed by atoms with Gasteiger partial charge in [-0.1, -0.05) is 25.7 Å². The Morgan fingerprint density at radius 1 is 1.53 bits per heavy atom. The van der Waals surface area contributed by atoms with E-state index in [9.17, 15) is 10.1 Å². The molecular formula is C13H18BrN3O2. The number of aromatic nitrogens is 1. The minimum absolute atomic E-state index is 0.0493. The number of hydrogen-bond donors (Lipinski definition) is 1. The summed E-state index contributed by atoms with van der Waals surface area (Å²) in [5, 5.41) is 14.1. The van der Waals surface area contributed by atoms with E-state index in [1.807, 2.05) is 0 Å². The van der Waals surface area contributed by atoms with Gasteiger partial charge in [0.2, 0.25) is 0 Å². The highest BCUT2D eigenvalue weighted by Gasteiger charge is 2.18. The third kappa shape index (κ3) is 3.43. The van der Waals surface area contributed by atoms with Crippen LogP contribution in [-0.2, 0) is 0 Å². The van der Waals surface area contributed by atoms with Gasteiger partial charge in [0.05, 0.1) is 9.40 Å². The van der Waals surface area contributed by atoms with Crippen LogP contribution in [-0.4, -0.2) is 16.5 Å². The predicted molar refractivity (Wildman–Crippen MR) is 78.4 cm³/mol. The summed E-state index contributed by atoms with van der Waals surface area (Å²) in [4.78, 5) is 14.5. The summed E-state index contributed by atoms with van der Waals surface area (Å²) >= 11 is 3.38. The van der Waals surface area contributed by atoms with E-state index in [0.29, 0.717) is 15.9 Å². The topological polar surface area (TPSA) is 68.1 Å². The molecule has 2 rings (SSSR count). The van der Waals surface area contributed by atoms with Gasteiger partial charge in [0.25, 0.3) is 5.69 Å². The van der Waals surface area contributed by atoms with E-state index in [4.69, 9.17) is 0 Å². The zero-order chi connectivity index (χ0) is 13.8. The van der Waals surface area contributed by atoms with Gasteiger partial charge in [-0.15, -0.1) is 0 Å². The Morgan fingerprint density at radius 3 is 2.84 bits per heavy atom. The molecule has 0 aromatic carbocycles. The fourth-order valence-electron chi connectivity index (χ4n) is 2.57. The average Bonchev–Trinajstić information content (AvgIpc) is 2.87. The maximum absolute atomic E-state index is 10.8. The maximum Gasteiger partial charge on any atom is 0.291 e. The molecule has 0 amide bonds. The summed E-state index contributed by atoms with van der Waals surface area (Å²) in [5.41, 5.74) is 0.664. The molecule has 0 atom stereocenters. The van der Waals surface area contributed by atoms with Crippen molar-refractivity contribution in [2.75, 3.05) is 11.9 Å². The smallest absolute Gasteiger partial charge is 0.291 e. The average molecular weight is 328 g/mol. The summed E-state index contributed by atoms with van der Waals surface area (Å²) in [6.45, 7) is 2.60. The van der Waals surface area contributed by atoms with Crippen LogP contribution < -0.4 is 5.32 Å². The van der Waals surface area contributed by atoms with Gasteiger partial charge in [0.15, 0.2) is 0 Å². The van der Waals surface area contributed by atoms with Crippen LogP contribution >= 0.6 is 15.9 Å². The Kier molecular flexibility index (Phi) is 4.74. The number of nitro groups is 1. The van der Waals surface area contributed by atoms with Crippen molar-refractivity contribution >= 4 is 27.4 Å². The molecule has 1 aromatic rings. The number of nitrogens with zero attached hydrogens (tertiary/aromatic N) is 2. The van der Waals surface area contributed by atoms with Crippen molar-refractivity contribution < 1.29 is 4.92 Å². The monoisotopic (exact) mass is 327 g/mol. The summed E-state index contributed by atoms with van der Waals surface area (Å²) in [6, 6.07) is 0. The molecule has 1 N–H and O–H groups in total. The Hall–Kier alpha value is -1.17. The standard InChI is InChI=1S/C13H18BrN3O2/c1-9-11(17(18)19)8-16-13(12(9)14)15-7-6-10-4-2-3-5-10/h8,10H,2-7H2,1H3,(H,15,16). The molecule has 1 aromatic heterocycles. The van der Waals surface area contributed by atoms with E-state index in [2.05, 4.69) is 26.2 Å². The van der Waals surface area contributed by atoms with Gasteiger partial charge in [0.1, 0.15) is 12.0 Å². The van der Waals surface area contributed by atoms with E-state index in [1.54, 1.807) is 6.92 Å². The highest BCUT2D eigenvalue weighted by atomic mass is 79.9. The summed E-state index contributed by atoms with van der Waals surface area (Å²) in [5.74, 6) is 1.52. The van der Waals surface area contributed by atoms with Crippen LogP contribution in [0.1, 0.15) is 37.7 Å². The van der Waals surface area contributed by atoms with Gasteiger partial charge >= 0.3 is 0 Å². The Labute approximate surface area is 121 Å². The largest absolute Gasteiger partial charge is 0.369 e. The van der Waals surface area contributed by atoms with Gasteiger partial charge in [-0.05, 0) is 35.2 Å². The van der Waals surface area contributed by atoms with Crippen LogP contribution in [0, 0.1) is 23.0 Å². The lowest BCUT2D eigenvalue weighted by Crippen LogP contribution is -2.09. The number of nitrogens with one attached hydrogen (secondary N) is 1. The van der Waals surface area contributed by atoms with Crippen LogP contribution in [0.3, 0.4) is 0 Å². The lowest BCUT2D eigenvalue weighted by molar-refractivity contribution is -0.385. The van der Waals surface area contributed by atoms with Gasteiger partial charge in [0, 0.05) is 12.1 Å². The minimum Gasteiger partial charge on any atom is -0.369 e. The third-order valence-electron chi connectivity index (χ3n) is 3.75. The van der Waals surface area contributed by atoms with Crippen LogP contribution in [0.5, 0.6) is 0 Å². The van der Waals surface area contributed by atoms with E-state index >= 15 is 0 Å². The highest BCUT2D eigenvalue weighted by molar-refractivity contribution is 9.10. The second kappa shape index (κ2) is 6.32. The molecular weight excluding hydrogens is 310 g/mol. The molecule has 0 spiro atoms. The number of anilines is 1. The second-order valence-electron chi connectivity index (χ2n) is 5.05. The molecule has 0 unspecified atom stereocenters. The minimum atomic E-state index is -0.407. The van der Waals surface area contributed by atoms with Gasteiger partial charge in [-0.3, -0.25) is 10.1 Å². The molecule has 0 saturated heterocycles. The Balaban J connectivity index is 1.96. The third-order valence-corrected chi connectivity index (χ3v) is 4.72. The molecule has 1 heterocycles. The molecule has 5 nitrogen and oxygen atoms in total. The summed E-state index contributed by atoms with van der Waals surface area (Å²) < 4.78 is 0.688. The van der Waals surface area contributed by atoms with Crippen LogP contribution in [0.25, 0.3) is 0 Å². The van der Waals surface area contributed by atoms with Crippen molar-refractivity contribution in [2.24, 2.45) is 5.92 Å². The first-order valence-electron chi connectivity index (χ1n) is 6.63. The highest BCUT2D eigenvalue weighted by Crippen LogP contribution is 2.31. The number of pyridine rings is 1. The maximum atomic E-state index is 10.8. The van der Waals surface area contributed by atoms with Gasteiger partial charge in [-0.2, -0.15) is 0 Å². The molecule has 1 aliphatic carbocycles. The van der Waals surface area contributed by atoms with Crippen molar-refractivity contribution in [2.45, 2.75) is 39.0 Å². The normalized spacial score (nSPS) is 15.7. The second-order valence-corrected chi connectivity index (χ2v) is 5.85. The lowest BCUT2D eigenvalue weighted by Gasteiger charge is -2.12. The Bertz CT molecular complexity index is 473. The molecule has 1 aliphatic rings. The molecule has 0 aliphatic heterocycles. The quantitative estimate of drug-likeness (QED) is 0.654. The fourth-order valence-corrected chi connectivity index (χ4v) is 3.02. The predicted octanol–water partition coefficient (Wildman–Crippen LogP) is 4.05. The van der Waals surface area contributed by atoms with E-state index < -0.39 is 4.92 Å². The van der Waals surface area contributed by atoms with Crippen molar-refractivity contribution in [3.8, 4) is 0 Å². The van der Waals surface area contributed by atoms with Gasteiger partial charge in [-0.25, -0.2) is 4.98 Å². The molecule has 1 fully saturated rings. The zero-order valence-electron chi connectivity index (χ0n) is 11.0. The summed E-state index contributed by atoms with van der Waals surface area (Å²) in [6.07, 6.45) is 7.82. The van der Waals surface area contributed by atoms with Crippen LogP contribution in [0.4, 0.5) is 11.5 Å². The Morgan fingerprint density at radius 2 is 2.21 bits per heavy atom. The molecule has 0 radical (unpaired) electrons. The number of hydrogen-bond acceptors (Lipinski definition) is 4. The number of halogens is 1. The zero-order valence-corrected chi connectivity index (χ0v) is 12.6. The van der Waals surface area contributed by atoms with Crippen molar-refractivity contribution in [1.29, 1.82) is 0 Å². The molecule has 19 heavy (non-hydrogen) atoms. The molecule has 104 valence electrons. The van der Waals surface area contributed by atoms with Crippen molar-refractivity contribution in [3.63, 3.8) is 0 Å². The van der Waals surface area contributed by atoms with Crippen molar-refractivity contribution in [1.82, 2.24) is 4.98 Å². The lowest BCUT2D eigenvalue weighted by atomic mass is 10.0. The summed E-state index contributed by atoms with van der Waals surface area (Å²) in [7, 11) is 0. The van der Waals surface area contributed by atoms with Crippen molar-refractivity contribution in [3.05, 3.63) is 26.3 Å². The van der Waals surface area contributed by atoms with E-state index in [-0.39, 0.29) is 5.69 Å². The molecule has 0 bridgehead atoms. The first kappa shape index (κ1) is 14.2. The first-order chi connectivity index (χ1) is 9.09. The fraction of sp³-hybridized carbons (Fsp3) is 0.615. The van der Waals surface area contributed by atoms with Crippen LogP contribution in [0.15, 0.2) is 10.7 Å². The van der Waals surface area contributed by atoms with Gasteiger partial charge < -0.3 is 5.32 Å². The van der Waals surface area contributed by atoms with E-state index in [0.717, 1.165) is 18.9 Å². The van der Waals surface area contributed by atoms with E-state index in [1.165, 1.54) is 31.9 Å². The first-order valence-corrected chi connectivity index (χ1v) is 7.42.